The molecule has 142 valence electrons. The quantitative estimate of drug-likeness (QED) is 0.452. The molecule has 2 nitrogen and oxygen atoms in total. The Morgan fingerprint density at radius 1 is 0.536 bits per heavy atom. The normalized spacial score (nSPS) is 11.3. The van der Waals surface area contributed by atoms with Crippen molar-refractivity contribution in [2.75, 3.05) is 14.2 Å². The van der Waals surface area contributed by atoms with E-state index in [4.69, 9.17) is 9.47 Å². The lowest BCUT2D eigenvalue weighted by Gasteiger charge is -2.07. The van der Waals surface area contributed by atoms with E-state index in [1.165, 1.54) is 22.3 Å². The molecule has 3 aromatic rings. The van der Waals surface area contributed by atoms with E-state index >= 15 is 0 Å². The van der Waals surface area contributed by atoms with Crippen molar-refractivity contribution in [1.82, 2.24) is 0 Å². The van der Waals surface area contributed by atoms with Crippen LogP contribution in [0.1, 0.15) is 33.4 Å². The van der Waals surface area contributed by atoms with Crippen molar-refractivity contribution in [2.24, 2.45) is 0 Å². The van der Waals surface area contributed by atoms with Crippen LogP contribution < -0.4 is 9.47 Å². The molecule has 3 rings (SSSR count). The molecule has 0 saturated heterocycles. The number of ether oxygens (including phenoxy) is 2. The number of methoxy groups -OCH3 is 2. The fraction of sp³-hybridized carbons (Fsp3) is 0.154. The molecule has 0 fully saturated rings. The van der Waals surface area contributed by atoms with E-state index in [1.54, 1.807) is 14.2 Å². The Morgan fingerprint density at radius 3 is 1.21 bits per heavy atom. The summed E-state index contributed by atoms with van der Waals surface area (Å²) in [6, 6.07) is 20.6. The highest BCUT2D eigenvalue weighted by atomic mass is 16.5. The molecule has 2 heteroatoms. The first-order valence-corrected chi connectivity index (χ1v) is 9.34. The van der Waals surface area contributed by atoms with Crippen LogP contribution in [-0.4, -0.2) is 14.2 Å². The molecular formula is C26H26O2. The summed E-state index contributed by atoms with van der Waals surface area (Å²) < 4.78 is 10.4. The van der Waals surface area contributed by atoms with Gasteiger partial charge in [0.1, 0.15) is 11.5 Å². The summed E-state index contributed by atoms with van der Waals surface area (Å²) in [5.74, 6) is 1.74. The highest BCUT2D eigenvalue weighted by Gasteiger charge is 2.01. The number of hydrogen-bond donors (Lipinski definition) is 0. The minimum atomic E-state index is 0.872. The Kier molecular flexibility index (Phi) is 6.33. The molecule has 0 aliphatic heterocycles. The van der Waals surface area contributed by atoms with Crippen molar-refractivity contribution in [2.45, 2.75) is 13.8 Å². The van der Waals surface area contributed by atoms with Gasteiger partial charge in [-0.25, -0.2) is 0 Å². The minimum absolute atomic E-state index is 0.872. The third-order valence-corrected chi connectivity index (χ3v) is 4.80. The Bertz CT molecular complexity index is 895. The minimum Gasteiger partial charge on any atom is -0.497 e. The Hall–Kier alpha value is -3.26. The van der Waals surface area contributed by atoms with Crippen molar-refractivity contribution >= 4 is 24.3 Å². The van der Waals surface area contributed by atoms with Crippen molar-refractivity contribution in [3.63, 3.8) is 0 Å². The van der Waals surface area contributed by atoms with Crippen molar-refractivity contribution in [1.29, 1.82) is 0 Å². The highest BCUT2D eigenvalue weighted by Crippen LogP contribution is 2.22. The molecule has 0 aliphatic rings. The van der Waals surface area contributed by atoms with Crippen LogP contribution in [-0.2, 0) is 0 Å². The van der Waals surface area contributed by atoms with Crippen molar-refractivity contribution < 1.29 is 9.47 Å². The predicted octanol–water partition coefficient (Wildman–Crippen LogP) is 6.66. The van der Waals surface area contributed by atoms with Crippen LogP contribution in [0.25, 0.3) is 24.3 Å². The Labute approximate surface area is 167 Å². The molecule has 0 heterocycles. The molecule has 0 spiro atoms. The van der Waals surface area contributed by atoms with Crippen LogP contribution in [0.15, 0.2) is 60.7 Å². The van der Waals surface area contributed by atoms with Gasteiger partial charge in [-0.15, -0.1) is 0 Å². The first-order chi connectivity index (χ1) is 13.6. The van der Waals surface area contributed by atoms with Gasteiger partial charge in [0.05, 0.1) is 14.2 Å². The fourth-order valence-electron chi connectivity index (χ4n) is 3.02. The zero-order valence-corrected chi connectivity index (χ0v) is 16.9. The number of hydrogen-bond acceptors (Lipinski definition) is 2. The van der Waals surface area contributed by atoms with Crippen LogP contribution in [0.4, 0.5) is 0 Å². The summed E-state index contributed by atoms with van der Waals surface area (Å²) in [4.78, 5) is 0. The Morgan fingerprint density at radius 2 is 0.893 bits per heavy atom. The summed E-state index contributed by atoms with van der Waals surface area (Å²) in [7, 11) is 3.36. The second-order valence-electron chi connectivity index (χ2n) is 6.78. The van der Waals surface area contributed by atoms with Gasteiger partial charge in [-0.1, -0.05) is 60.7 Å². The lowest BCUT2D eigenvalue weighted by molar-refractivity contribution is 0.414. The standard InChI is InChI=1S/C26H26O2/c1-19-17-24(12-6-22-9-15-26(28-4)16-10-22)20(2)18-23(19)11-5-21-7-13-25(27-3)14-8-21/h5-18H,1-4H3/b11-5+,12-6+. The van der Waals surface area contributed by atoms with Gasteiger partial charge in [0.2, 0.25) is 0 Å². The van der Waals surface area contributed by atoms with Crippen LogP contribution >= 0.6 is 0 Å². The molecule has 0 atom stereocenters. The molecule has 0 aromatic heterocycles. The maximum absolute atomic E-state index is 5.21. The largest absolute Gasteiger partial charge is 0.497 e. The first kappa shape index (κ1) is 19.5. The van der Waals surface area contributed by atoms with Crippen molar-refractivity contribution in [3.05, 3.63) is 94.0 Å². The molecule has 0 amide bonds. The zero-order valence-electron chi connectivity index (χ0n) is 16.9. The van der Waals surface area contributed by atoms with E-state index in [9.17, 15) is 0 Å². The second-order valence-corrected chi connectivity index (χ2v) is 6.78. The van der Waals surface area contributed by atoms with Gasteiger partial charge in [-0.3, -0.25) is 0 Å². The van der Waals surface area contributed by atoms with Gasteiger partial charge < -0.3 is 9.47 Å². The van der Waals surface area contributed by atoms with Crippen LogP contribution in [0, 0.1) is 13.8 Å². The fourth-order valence-corrected chi connectivity index (χ4v) is 3.02. The molecule has 0 saturated carbocycles. The van der Waals surface area contributed by atoms with E-state index in [0.29, 0.717) is 0 Å². The molecule has 0 aliphatic carbocycles. The molecule has 0 N–H and O–H groups in total. The molecule has 28 heavy (non-hydrogen) atoms. The lowest BCUT2D eigenvalue weighted by Crippen LogP contribution is -1.88. The van der Waals surface area contributed by atoms with E-state index < -0.39 is 0 Å². The van der Waals surface area contributed by atoms with Gasteiger partial charge >= 0.3 is 0 Å². The third kappa shape index (κ3) is 4.92. The monoisotopic (exact) mass is 370 g/mol. The average molecular weight is 370 g/mol. The van der Waals surface area contributed by atoms with Gasteiger partial charge in [-0.2, -0.15) is 0 Å². The third-order valence-electron chi connectivity index (χ3n) is 4.80. The van der Waals surface area contributed by atoms with Crippen molar-refractivity contribution in [3.8, 4) is 11.5 Å². The molecule has 3 aromatic carbocycles. The lowest BCUT2D eigenvalue weighted by atomic mass is 9.98. The van der Waals surface area contributed by atoms with Gasteiger partial charge in [0, 0.05) is 0 Å². The maximum atomic E-state index is 5.21. The summed E-state index contributed by atoms with van der Waals surface area (Å²) >= 11 is 0. The second kappa shape index (κ2) is 9.09. The summed E-state index contributed by atoms with van der Waals surface area (Å²) in [6.07, 6.45) is 8.60. The number of rotatable bonds is 6. The summed E-state index contributed by atoms with van der Waals surface area (Å²) in [5.41, 5.74) is 7.28. The van der Waals surface area contributed by atoms with E-state index in [1.807, 2.05) is 24.3 Å². The van der Waals surface area contributed by atoms with E-state index in [-0.39, 0.29) is 0 Å². The van der Waals surface area contributed by atoms with Crippen LogP contribution in [0.3, 0.4) is 0 Å². The predicted molar refractivity (Wildman–Crippen MR) is 120 cm³/mol. The molecule has 0 radical (unpaired) electrons. The average Bonchev–Trinajstić information content (AvgIpc) is 2.73. The van der Waals surface area contributed by atoms with E-state index in [2.05, 4.69) is 74.5 Å². The number of benzene rings is 3. The zero-order chi connectivity index (χ0) is 19.9. The smallest absolute Gasteiger partial charge is 0.118 e. The molecule has 0 unspecified atom stereocenters. The van der Waals surface area contributed by atoms with Gasteiger partial charge in [0.15, 0.2) is 0 Å². The summed E-state index contributed by atoms with van der Waals surface area (Å²) in [5, 5.41) is 0. The topological polar surface area (TPSA) is 18.5 Å². The Balaban J connectivity index is 1.77. The summed E-state index contributed by atoms with van der Waals surface area (Å²) in [6.45, 7) is 4.30. The molecule has 0 bridgehead atoms. The maximum Gasteiger partial charge on any atom is 0.118 e. The molecular weight excluding hydrogens is 344 g/mol. The SMILES string of the molecule is COc1ccc(/C=C/c2cc(C)c(/C=C/c3ccc(OC)cc3)cc2C)cc1. The van der Waals surface area contributed by atoms with Gasteiger partial charge in [0.25, 0.3) is 0 Å². The van der Waals surface area contributed by atoms with Crippen LogP contribution in [0.2, 0.25) is 0 Å². The van der Waals surface area contributed by atoms with Gasteiger partial charge in [-0.05, 0) is 71.5 Å². The highest BCUT2D eigenvalue weighted by molar-refractivity contribution is 5.76. The van der Waals surface area contributed by atoms with Crippen LogP contribution in [0.5, 0.6) is 11.5 Å². The number of aryl methyl sites for hydroxylation is 2. The first-order valence-electron chi connectivity index (χ1n) is 9.34. The van der Waals surface area contributed by atoms with E-state index in [0.717, 1.165) is 22.6 Å².